The summed E-state index contributed by atoms with van der Waals surface area (Å²) in [6, 6.07) is 20.4. The van der Waals surface area contributed by atoms with Crippen LogP contribution in [0, 0.1) is 0 Å². The number of aromatic nitrogens is 3. The number of imidazole rings is 1. The van der Waals surface area contributed by atoms with Crippen molar-refractivity contribution in [2.75, 3.05) is 6.61 Å². The number of rotatable bonds is 5. The summed E-state index contributed by atoms with van der Waals surface area (Å²) < 4.78 is 11.6. The lowest BCUT2D eigenvalue weighted by Crippen LogP contribution is -2.46. The molecule has 2 N–H and O–H groups in total. The molecule has 7 heteroatoms. The maximum absolute atomic E-state index is 10.8. The first-order valence-electron chi connectivity index (χ1n) is 10.7. The molecule has 3 atom stereocenters. The van der Waals surface area contributed by atoms with E-state index in [2.05, 4.69) is 39.2 Å². The number of halogens is 1. The lowest BCUT2D eigenvalue weighted by Gasteiger charge is -2.27. The number of ether oxygens (including phenoxy) is 2. The Labute approximate surface area is 191 Å². The highest BCUT2D eigenvalue weighted by Crippen LogP contribution is 2.33. The van der Waals surface area contributed by atoms with Crippen molar-refractivity contribution >= 4 is 22.8 Å². The molecule has 0 spiro atoms. The second kappa shape index (κ2) is 8.20. The summed E-state index contributed by atoms with van der Waals surface area (Å²) in [5, 5.41) is 11.3. The Hall–Kier alpha value is -2.93. The van der Waals surface area contributed by atoms with Crippen LogP contribution in [0.2, 0.25) is 5.02 Å². The Bertz CT molecular complexity index is 1240. The Kier molecular flexibility index (Phi) is 5.37. The molecule has 3 heterocycles. The van der Waals surface area contributed by atoms with Crippen molar-refractivity contribution in [3.05, 3.63) is 65.7 Å². The van der Waals surface area contributed by atoms with Gasteiger partial charge in [-0.3, -0.25) is 0 Å². The molecule has 1 aliphatic heterocycles. The molecule has 2 aromatic carbocycles. The molecule has 0 unspecified atom stereocenters. The molecule has 32 heavy (non-hydrogen) atoms. The lowest BCUT2D eigenvalue weighted by molar-refractivity contribution is -0.0584. The van der Waals surface area contributed by atoms with Gasteiger partial charge in [0, 0.05) is 5.56 Å². The first kappa shape index (κ1) is 20.9. The van der Waals surface area contributed by atoms with Crippen LogP contribution in [0.4, 0.5) is 0 Å². The number of nitrogens with one attached hydrogen (secondary N) is 1. The molecule has 1 saturated heterocycles. The van der Waals surface area contributed by atoms with E-state index in [1.165, 1.54) is 0 Å². The number of fused-ring (bicyclic) bond motifs is 1. The number of hydrogen-bond donors (Lipinski definition) is 2. The van der Waals surface area contributed by atoms with Gasteiger partial charge >= 0.3 is 0 Å². The normalized spacial score (nSPS) is 23.0. The van der Waals surface area contributed by atoms with Crippen LogP contribution in [0.15, 0.2) is 60.7 Å². The quantitative estimate of drug-likeness (QED) is 0.434. The zero-order valence-electron chi connectivity index (χ0n) is 17.9. The SMILES string of the molecule is CC[C@H]1OC[C@@H](Oc2nc3nc(-c4ccc(-c5ccccc5)cc4)c(Cl)cc3[nH]2)[C@@]1(C)O. The molecule has 164 valence electrons. The standard InChI is InChI=1S/C25H24ClN3O3/c1-3-20-25(2,30)21(14-31-20)32-24-27-19-13-18(26)22(28-23(19)29-24)17-11-9-16(10-12-17)15-7-5-4-6-8-15/h4-13,20-21,30H,3,14H2,1-2H3,(H,27,28,29)/t20-,21-,25+/m1/s1. The molecule has 0 amide bonds. The predicted molar refractivity (Wildman–Crippen MR) is 125 cm³/mol. The van der Waals surface area contributed by atoms with Crippen molar-refractivity contribution in [2.24, 2.45) is 0 Å². The van der Waals surface area contributed by atoms with Crippen molar-refractivity contribution in [2.45, 2.75) is 38.1 Å². The van der Waals surface area contributed by atoms with Crippen LogP contribution in [0.1, 0.15) is 20.3 Å². The average Bonchev–Trinajstić information content (AvgIpc) is 3.32. The van der Waals surface area contributed by atoms with Gasteiger partial charge in [-0.1, -0.05) is 73.1 Å². The maximum Gasteiger partial charge on any atom is 0.296 e. The van der Waals surface area contributed by atoms with Crippen LogP contribution < -0.4 is 4.74 Å². The molecule has 1 fully saturated rings. The summed E-state index contributed by atoms with van der Waals surface area (Å²) >= 11 is 6.55. The number of H-pyrrole nitrogens is 1. The summed E-state index contributed by atoms with van der Waals surface area (Å²) in [6.45, 7) is 4.01. The van der Waals surface area contributed by atoms with Crippen LogP contribution in [-0.2, 0) is 4.74 Å². The highest BCUT2D eigenvalue weighted by Gasteiger charge is 2.47. The molecule has 0 aliphatic carbocycles. The number of pyridine rings is 1. The van der Waals surface area contributed by atoms with Gasteiger partial charge in [-0.15, -0.1) is 0 Å². The first-order chi connectivity index (χ1) is 15.5. The molecule has 2 aromatic heterocycles. The molecule has 0 radical (unpaired) electrons. The van der Waals surface area contributed by atoms with E-state index in [4.69, 9.17) is 21.1 Å². The van der Waals surface area contributed by atoms with E-state index >= 15 is 0 Å². The molecule has 0 bridgehead atoms. The zero-order valence-corrected chi connectivity index (χ0v) is 18.6. The van der Waals surface area contributed by atoms with E-state index in [0.29, 0.717) is 34.9 Å². The average molecular weight is 450 g/mol. The van der Waals surface area contributed by atoms with Crippen molar-refractivity contribution < 1.29 is 14.6 Å². The first-order valence-corrected chi connectivity index (χ1v) is 11.1. The fourth-order valence-electron chi connectivity index (χ4n) is 4.17. The van der Waals surface area contributed by atoms with Crippen LogP contribution >= 0.6 is 11.6 Å². The summed E-state index contributed by atoms with van der Waals surface area (Å²) in [4.78, 5) is 12.2. The number of benzene rings is 2. The van der Waals surface area contributed by atoms with Crippen LogP contribution in [-0.4, -0.2) is 44.5 Å². The second-order valence-corrected chi connectivity index (χ2v) is 8.65. The number of aromatic amines is 1. The third kappa shape index (κ3) is 3.75. The van der Waals surface area contributed by atoms with Crippen molar-refractivity contribution in [3.8, 4) is 28.4 Å². The van der Waals surface area contributed by atoms with E-state index in [1.54, 1.807) is 13.0 Å². The summed E-state index contributed by atoms with van der Waals surface area (Å²) in [5.41, 5.74) is 3.90. The number of aliphatic hydroxyl groups is 1. The zero-order chi connectivity index (χ0) is 22.3. The van der Waals surface area contributed by atoms with Gasteiger partial charge in [0.2, 0.25) is 0 Å². The minimum absolute atomic E-state index is 0.269. The lowest BCUT2D eigenvalue weighted by atomic mass is 9.94. The van der Waals surface area contributed by atoms with E-state index in [1.807, 2.05) is 37.3 Å². The second-order valence-electron chi connectivity index (χ2n) is 8.24. The monoisotopic (exact) mass is 449 g/mol. The fraction of sp³-hybridized carbons (Fsp3) is 0.280. The van der Waals surface area contributed by atoms with Gasteiger partial charge in [0.05, 0.1) is 28.9 Å². The Morgan fingerprint density at radius 2 is 1.78 bits per heavy atom. The molecule has 0 saturated carbocycles. The van der Waals surface area contributed by atoms with Crippen molar-refractivity contribution in [1.82, 2.24) is 15.0 Å². The van der Waals surface area contributed by atoms with Crippen LogP contribution in [0.25, 0.3) is 33.5 Å². The predicted octanol–water partition coefficient (Wildman–Crippen LogP) is 5.25. The number of hydrogen-bond acceptors (Lipinski definition) is 5. The van der Waals surface area contributed by atoms with E-state index < -0.39 is 11.7 Å². The molecule has 4 aromatic rings. The molecular weight excluding hydrogens is 426 g/mol. The van der Waals surface area contributed by atoms with Gasteiger partial charge < -0.3 is 19.6 Å². The summed E-state index contributed by atoms with van der Waals surface area (Å²) in [7, 11) is 0. The van der Waals surface area contributed by atoms with Gasteiger partial charge in [0.15, 0.2) is 11.8 Å². The Balaban J connectivity index is 1.42. The molecular formula is C25H24ClN3O3. The van der Waals surface area contributed by atoms with Crippen LogP contribution in [0.5, 0.6) is 6.01 Å². The van der Waals surface area contributed by atoms with Gasteiger partial charge in [0.1, 0.15) is 5.60 Å². The topological polar surface area (TPSA) is 80.3 Å². The van der Waals surface area contributed by atoms with Gasteiger partial charge in [-0.25, -0.2) is 4.98 Å². The highest BCUT2D eigenvalue weighted by atomic mass is 35.5. The third-order valence-electron chi connectivity index (χ3n) is 6.05. The van der Waals surface area contributed by atoms with E-state index in [-0.39, 0.29) is 12.1 Å². The van der Waals surface area contributed by atoms with Crippen molar-refractivity contribution in [1.29, 1.82) is 0 Å². The van der Waals surface area contributed by atoms with Crippen molar-refractivity contribution in [3.63, 3.8) is 0 Å². The molecule has 1 aliphatic rings. The van der Waals surface area contributed by atoms with Gasteiger partial charge in [0.25, 0.3) is 6.01 Å². The largest absolute Gasteiger partial charge is 0.456 e. The minimum atomic E-state index is -1.09. The van der Waals surface area contributed by atoms with Gasteiger partial charge in [-0.05, 0) is 30.5 Å². The fourth-order valence-corrected chi connectivity index (χ4v) is 4.43. The minimum Gasteiger partial charge on any atom is -0.456 e. The highest BCUT2D eigenvalue weighted by molar-refractivity contribution is 6.33. The van der Waals surface area contributed by atoms with E-state index in [9.17, 15) is 5.11 Å². The molecule has 5 rings (SSSR count). The Morgan fingerprint density at radius 1 is 1.09 bits per heavy atom. The third-order valence-corrected chi connectivity index (χ3v) is 6.34. The number of nitrogens with zero attached hydrogens (tertiary/aromatic N) is 2. The molecule has 6 nitrogen and oxygen atoms in total. The summed E-state index contributed by atoms with van der Waals surface area (Å²) in [6.07, 6.45) is -0.0836. The van der Waals surface area contributed by atoms with E-state index in [0.717, 1.165) is 16.7 Å². The van der Waals surface area contributed by atoms with Crippen LogP contribution in [0.3, 0.4) is 0 Å². The van der Waals surface area contributed by atoms with Gasteiger partial charge in [-0.2, -0.15) is 4.98 Å². The smallest absolute Gasteiger partial charge is 0.296 e. The Morgan fingerprint density at radius 3 is 2.47 bits per heavy atom. The summed E-state index contributed by atoms with van der Waals surface area (Å²) in [5.74, 6) is 0. The maximum atomic E-state index is 10.8.